The molecular weight excluding hydrogens is 276 g/mol. The molecule has 20 heavy (non-hydrogen) atoms. The Labute approximate surface area is 123 Å². The van der Waals surface area contributed by atoms with Crippen molar-refractivity contribution in [3.8, 4) is 0 Å². The van der Waals surface area contributed by atoms with Crippen molar-refractivity contribution < 1.29 is 4.79 Å². The Morgan fingerprint density at radius 1 is 1.25 bits per heavy atom. The minimum atomic E-state index is -0.436. The summed E-state index contributed by atoms with van der Waals surface area (Å²) in [6, 6.07) is 5.78. The zero-order chi connectivity index (χ0) is 13.4. The van der Waals surface area contributed by atoms with Crippen molar-refractivity contribution >= 4 is 29.3 Å². The van der Waals surface area contributed by atoms with E-state index in [1.54, 1.807) is 6.07 Å². The molecule has 0 atom stereocenters. The number of nitrogens with one attached hydrogen (secondary N) is 1. The van der Waals surface area contributed by atoms with Gasteiger partial charge in [0.15, 0.2) is 0 Å². The Balaban J connectivity index is 0.00000147. The molecule has 3 rings (SSSR count). The van der Waals surface area contributed by atoms with E-state index in [1.807, 2.05) is 12.1 Å². The smallest absolute Gasteiger partial charge is 0.250 e. The molecule has 5 N–H and O–H groups in total. The number of hydrogen-bond acceptors (Lipinski definition) is 3. The van der Waals surface area contributed by atoms with Gasteiger partial charge in [-0.3, -0.25) is 4.79 Å². The van der Waals surface area contributed by atoms with Gasteiger partial charge in [-0.2, -0.15) is 0 Å². The average molecular weight is 295 g/mol. The molecule has 1 saturated carbocycles. The van der Waals surface area contributed by atoms with Crippen LogP contribution in [0.15, 0.2) is 18.2 Å². The number of nitrogens with zero attached hydrogens (tertiary/aromatic N) is 1. The number of rotatable bonds is 2. The third-order valence-corrected chi connectivity index (χ3v) is 3.96. The van der Waals surface area contributed by atoms with Gasteiger partial charge in [0.25, 0.3) is 5.91 Å². The van der Waals surface area contributed by atoms with E-state index in [-0.39, 0.29) is 12.4 Å². The first-order chi connectivity index (χ1) is 9.15. The first-order valence-electron chi connectivity index (χ1n) is 6.69. The first kappa shape index (κ1) is 14.8. The zero-order valence-electron chi connectivity index (χ0n) is 11.1. The standard InChI is InChI=1S/C14H18N4O.ClH/c15-9-6-4-8(5-7-9)14-17-11-3-1-2-10(13(16)19)12(11)18-14;/h1-3,8-9H,4-7,15H2,(H2,16,19)(H,17,18);1H/t8-,9+;. The molecule has 1 aliphatic rings. The quantitative estimate of drug-likeness (QED) is 0.791. The maximum Gasteiger partial charge on any atom is 0.250 e. The lowest BCUT2D eigenvalue weighted by atomic mass is 9.86. The van der Waals surface area contributed by atoms with Crippen molar-refractivity contribution in [2.24, 2.45) is 11.5 Å². The van der Waals surface area contributed by atoms with E-state index in [9.17, 15) is 4.79 Å². The van der Waals surface area contributed by atoms with E-state index >= 15 is 0 Å². The molecule has 1 aromatic heterocycles. The number of aromatic amines is 1. The Morgan fingerprint density at radius 2 is 1.95 bits per heavy atom. The number of nitrogens with two attached hydrogens (primary N) is 2. The summed E-state index contributed by atoms with van der Waals surface area (Å²) >= 11 is 0. The number of amides is 1. The first-order valence-corrected chi connectivity index (χ1v) is 6.69. The van der Waals surface area contributed by atoms with Crippen LogP contribution in [0.4, 0.5) is 0 Å². The topological polar surface area (TPSA) is 97.8 Å². The number of halogens is 1. The Kier molecular flexibility index (Phi) is 4.30. The highest BCUT2D eigenvalue weighted by atomic mass is 35.5. The molecule has 1 heterocycles. The summed E-state index contributed by atoms with van der Waals surface area (Å²) in [5.74, 6) is 0.929. The molecule has 0 saturated heterocycles. The van der Waals surface area contributed by atoms with Gasteiger partial charge in [-0.15, -0.1) is 12.4 Å². The molecule has 0 aliphatic heterocycles. The molecule has 2 aromatic rings. The van der Waals surface area contributed by atoms with E-state index in [4.69, 9.17) is 11.5 Å². The highest BCUT2D eigenvalue weighted by Crippen LogP contribution is 2.32. The summed E-state index contributed by atoms with van der Waals surface area (Å²) in [7, 11) is 0. The molecule has 0 unspecified atom stereocenters. The lowest BCUT2D eigenvalue weighted by molar-refractivity contribution is 0.100. The number of primary amides is 1. The van der Waals surface area contributed by atoms with Crippen molar-refractivity contribution in [1.82, 2.24) is 9.97 Å². The summed E-state index contributed by atoms with van der Waals surface area (Å²) in [5, 5.41) is 0. The van der Waals surface area contributed by atoms with Crippen molar-refractivity contribution in [2.45, 2.75) is 37.6 Å². The normalized spacial score (nSPS) is 22.4. The molecular formula is C14H19ClN4O. The number of aromatic nitrogens is 2. The van der Waals surface area contributed by atoms with Crippen LogP contribution >= 0.6 is 12.4 Å². The summed E-state index contributed by atoms with van der Waals surface area (Å²) < 4.78 is 0. The van der Waals surface area contributed by atoms with Crippen LogP contribution in [0.3, 0.4) is 0 Å². The molecule has 1 aliphatic carbocycles. The number of fused-ring (bicyclic) bond motifs is 1. The zero-order valence-corrected chi connectivity index (χ0v) is 12.0. The van der Waals surface area contributed by atoms with Gasteiger partial charge in [-0.05, 0) is 37.8 Å². The number of para-hydroxylation sites is 1. The van der Waals surface area contributed by atoms with E-state index in [1.165, 1.54) is 0 Å². The van der Waals surface area contributed by atoms with Crippen LogP contribution < -0.4 is 11.5 Å². The van der Waals surface area contributed by atoms with Crippen molar-refractivity contribution in [3.63, 3.8) is 0 Å². The fraction of sp³-hybridized carbons (Fsp3) is 0.429. The largest absolute Gasteiger partial charge is 0.366 e. The van der Waals surface area contributed by atoms with Crippen LogP contribution in [0.25, 0.3) is 11.0 Å². The Morgan fingerprint density at radius 3 is 2.60 bits per heavy atom. The third-order valence-electron chi connectivity index (χ3n) is 3.96. The van der Waals surface area contributed by atoms with Crippen LogP contribution in [0.5, 0.6) is 0 Å². The minimum absolute atomic E-state index is 0. The molecule has 108 valence electrons. The predicted molar refractivity (Wildman–Crippen MR) is 81.0 cm³/mol. The van der Waals surface area contributed by atoms with Crippen LogP contribution in [0, 0.1) is 0 Å². The van der Waals surface area contributed by atoms with Crippen LogP contribution in [0.2, 0.25) is 0 Å². The number of imidazole rings is 1. The summed E-state index contributed by atoms with van der Waals surface area (Å²) in [6.45, 7) is 0. The van der Waals surface area contributed by atoms with Gasteiger partial charge in [0.05, 0.1) is 11.1 Å². The number of hydrogen-bond donors (Lipinski definition) is 3. The predicted octanol–water partition coefficient (Wildman–Crippen LogP) is 2.07. The lowest BCUT2D eigenvalue weighted by Gasteiger charge is -2.24. The van der Waals surface area contributed by atoms with Gasteiger partial charge in [-0.25, -0.2) is 4.98 Å². The highest BCUT2D eigenvalue weighted by Gasteiger charge is 2.23. The second-order valence-corrected chi connectivity index (χ2v) is 5.30. The third kappa shape index (κ3) is 2.64. The molecule has 1 aromatic carbocycles. The molecule has 6 heteroatoms. The molecule has 1 amide bonds. The van der Waals surface area contributed by atoms with Gasteiger partial charge in [-0.1, -0.05) is 6.07 Å². The summed E-state index contributed by atoms with van der Waals surface area (Å²) in [5.41, 5.74) is 13.3. The van der Waals surface area contributed by atoms with Crippen molar-refractivity contribution in [2.75, 3.05) is 0 Å². The van der Waals surface area contributed by atoms with Crippen molar-refractivity contribution in [1.29, 1.82) is 0 Å². The number of H-pyrrole nitrogens is 1. The van der Waals surface area contributed by atoms with Crippen LogP contribution in [-0.4, -0.2) is 21.9 Å². The van der Waals surface area contributed by atoms with Gasteiger partial charge in [0.1, 0.15) is 11.3 Å². The number of benzene rings is 1. The SMILES string of the molecule is Cl.NC(=O)c1cccc2[nH]c([C@H]3CC[C@@H](N)CC3)nc12. The van der Waals surface area contributed by atoms with E-state index in [0.717, 1.165) is 37.0 Å². The average Bonchev–Trinajstić information content (AvgIpc) is 2.82. The summed E-state index contributed by atoms with van der Waals surface area (Å²) in [6.07, 6.45) is 4.16. The molecule has 5 nitrogen and oxygen atoms in total. The Bertz CT molecular complexity index is 617. The minimum Gasteiger partial charge on any atom is -0.366 e. The summed E-state index contributed by atoms with van der Waals surface area (Å²) in [4.78, 5) is 19.3. The van der Waals surface area contributed by atoms with Crippen LogP contribution in [0.1, 0.15) is 47.8 Å². The monoisotopic (exact) mass is 294 g/mol. The number of carbonyl (C=O) groups excluding carboxylic acids is 1. The lowest BCUT2D eigenvalue weighted by Crippen LogP contribution is -2.26. The van der Waals surface area contributed by atoms with E-state index < -0.39 is 5.91 Å². The maximum atomic E-state index is 11.4. The fourth-order valence-electron chi connectivity index (χ4n) is 2.84. The Hall–Kier alpha value is -1.59. The second kappa shape index (κ2) is 5.81. The molecule has 0 bridgehead atoms. The van der Waals surface area contributed by atoms with Crippen LogP contribution in [-0.2, 0) is 0 Å². The van der Waals surface area contributed by atoms with E-state index in [0.29, 0.717) is 23.0 Å². The van der Waals surface area contributed by atoms with Gasteiger partial charge < -0.3 is 16.5 Å². The van der Waals surface area contributed by atoms with Crippen molar-refractivity contribution in [3.05, 3.63) is 29.6 Å². The fourth-order valence-corrected chi connectivity index (χ4v) is 2.84. The highest BCUT2D eigenvalue weighted by molar-refractivity contribution is 6.04. The van der Waals surface area contributed by atoms with Gasteiger partial charge in [0, 0.05) is 12.0 Å². The maximum absolute atomic E-state index is 11.4. The van der Waals surface area contributed by atoms with Gasteiger partial charge >= 0.3 is 0 Å². The molecule has 0 radical (unpaired) electrons. The van der Waals surface area contributed by atoms with E-state index in [2.05, 4.69) is 9.97 Å². The second-order valence-electron chi connectivity index (χ2n) is 5.30. The molecule has 1 fully saturated rings. The van der Waals surface area contributed by atoms with Gasteiger partial charge in [0.2, 0.25) is 0 Å². The number of carbonyl (C=O) groups is 1. The molecule has 0 spiro atoms.